The van der Waals surface area contributed by atoms with Crippen LogP contribution in [0.3, 0.4) is 0 Å². The summed E-state index contributed by atoms with van der Waals surface area (Å²) in [6.07, 6.45) is 3.80. The van der Waals surface area contributed by atoms with Crippen LogP contribution in [-0.2, 0) is 0 Å². The van der Waals surface area contributed by atoms with Crippen LogP contribution < -0.4 is 4.90 Å². The zero-order valence-electron chi connectivity index (χ0n) is 14.1. The summed E-state index contributed by atoms with van der Waals surface area (Å²) >= 11 is 0. The van der Waals surface area contributed by atoms with Crippen molar-refractivity contribution in [1.29, 1.82) is 0 Å². The second kappa shape index (κ2) is 5.54. The molecule has 0 aliphatic carbocycles. The van der Waals surface area contributed by atoms with Gasteiger partial charge in [0.1, 0.15) is 12.2 Å². The molecule has 0 atom stereocenters. The molecule has 1 saturated heterocycles. The van der Waals surface area contributed by atoms with E-state index < -0.39 is 0 Å². The molecule has 4 aromatic rings. The fourth-order valence-corrected chi connectivity index (χ4v) is 3.73. The van der Waals surface area contributed by atoms with E-state index in [-0.39, 0.29) is 0 Å². The first-order valence-corrected chi connectivity index (χ1v) is 8.65. The number of aromatic nitrogens is 6. The topological polar surface area (TPSA) is 75.0 Å². The molecule has 0 amide bonds. The maximum Gasteiger partial charge on any atom is 0.200 e. The van der Waals surface area contributed by atoms with Crippen molar-refractivity contribution in [2.24, 2.45) is 0 Å². The number of benzene rings is 1. The molecule has 5 rings (SSSR count). The third kappa shape index (κ3) is 2.43. The third-order valence-corrected chi connectivity index (χ3v) is 5.00. The number of hydrogen-bond donors (Lipinski definition) is 1. The van der Waals surface area contributed by atoms with Gasteiger partial charge in [0.2, 0.25) is 5.65 Å². The Hall–Kier alpha value is -2.96. The standard InChI is InChI=1S/C18H19N7/c1-12-10-16(18-22-19-11-25(18)23-12)24-8-6-13(7-9-24)17-20-14-4-2-3-5-15(14)21-17/h2-5,10-11,13H,6-9H2,1H3,(H,20,21). The number of piperidine rings is 1. The Morgan fingerprint density at radius 3 is 2.84 bits per heavy atom. The number of fused-ring (bicyclic) bond motifs is 2. The van der Waals surface area contributed by atoms with Crippen molar-refractivity contribution in [3.63, 3.8) is 0 Å². The highest BCUT2D eigenvalue weighted by Gasteiger charge is 2.25. The van der Waals surface area contributed by atoms with E-state index in [1.807, 2.05) is 19.1 Å². The summed E-state index contributed by atoms with van der Waals surface area (Å²) < 4.78 is 1.76. The van der Waals surface area contributed by atoms with Crippen LogP contribution in [0.25, 0.3) is 16.7 Å². The van der Waals surface area contributed by atoms with Crippen LogP contribution in [0.4, 0.5) is 5.69 Å². The fraction of sp³-hybridized carbons (Fsp3) is 0.333. The number of anilines is 1. The minimum Gasteiger partial charge on any atom is -0.368 e. The normalized spacial score (nSPS) is 16.1. The van der Waals surface area contributed by atoms with Gasteiger partial charge < -0.3 is 9.88 Å². The van der Waals surface area contributed by atoms with Gasteiger partial charge in [0, 0.05) is 19.0 Å². The lowest BCUT2D eigenvalue weighted by Gasteiger charge is -2.32. The SMILES string of the molecule is Cc1cc(N2CCC(c3nc4ccccc4[nH]3)CC2)c2nncn2n1. The Kier molecular flexibility index (Phi) is 3.19. The molecule has 0 radical (unpaired) electrons. The number of rotatable bonds is 2. The molecule has 3 aromatic heterocycles. The van der Waals surface area contributed by atoms with Crippen molar-refractivity contribution in [3.05, 3.63) is 48.2 Å². The molecule has 1 N–H and O–H groups in total. The van der Waals surface area contributed by atoms with Gasteiger partial charge in [-0.1, -0.05) is 12.1 Å². The molecule has 4 heterocycles. The summed E-state index contributed by atoms with van der Waals surface area (Å²) in [7, 11) is 0. The molecular formula is C18H19N7. The lowest BCUT2D eigenvalue weighted by molar-refractivity contribution is 0.489. The van der Waals surface area contributed by atoms with E-state index in [1.165, 1.54) is 0 Å². The van der Waals surface area contributed by atoms with Crippen molar-refractivity contribution in [2.75, 3.05) is 18.0 Å². The molecule has 7 nitrogen and oxygen atoms in total. The maximum absolute atomic E-state index is 4.78. The van der Waals surface area contributed by atoms with E-state index in [2.05, 4.69) is 43.4 Å². The molecule has 1 aromatic carbocycles. The predicted molar refractivity (Wildman–Crippen MR) is 95.8 cm³/mol. The molecule has 0 saturated carbocycles. The Morgan fingerprint density at radius 1 is 1.16 bits per heavy atom. The quantitative estimate of drug-likeness (QED) is 0.610. The molecule has 1 aliphatic heterocycles. The monoisotopic (exact) mass is 333 g/mol. The number of hydrogen-bond acceptors (Lipinski definition) is 5. The number of para-hydroxylation sites is 2. The van der Waals surface area contributed by atoms with Crippen molar-refractivity contribution in [1.82, 2.24) is 29.8 Å². The first-order chi connectivity index (χ1) is 12.3. The maximum atomic E-state index is 4.78. The lowest BCUT2D eigenvalue weighted by atomic mass is 9.96. The van der Waals surface area contributed by atoms with E-state index in [0.717, 1.165) is 59.8 Å². The minimum absolute atomic E-state index is 0.473. The first-order valence-electron chi connectivity index (χ1n) is 8.65. The zero-order valence-corrected chi connectivity index (χ0v) is 14.1. The molecule has 1 fully saturated rings. The van der Waals surface area contributed by atoms with Gasteiger partial charge in [0.05, 0.1) is 22.4 Å². The fourth-order valence-electron chi connectivity index (χ4n) is 3.73. The van der Waals surface area contributed by atoms with Crippen LogP contribution in [0.15, 0.2) is 36.7 Å². The summed E-state index contributed by atoms with van der Waals surface area (Å²) in [5.74, 6) is 1.58. The Balaban J connectivity index is 1.39. The first kappa shape index (κ1) is 14.4. The van der Waals surface area contributed by atoms with Crippen LogP contribution >= 0.6 is 0 Å². The van der Waals surface area contributed by atoms with Crippen molar-refractivity contribution < 1.29 is 0 Å². The predicted octanol–water partition coefficient (Wildman–Crippen LogP) is 2.69. The van der Waals surface area contributed by atoms with Crippen LogP contribution in [0.2, 0.25) is 0 Å². The van der Waals surface area contributed by atoms with Gasteiger partial charge in [0.25, 0.3) is 0 Å². The molecular weight excluding hydrogens is 314 g/mol. The van der Waals surface area contributed by atoms with Gasteiger partial charge in [0.15, 0.2) is 0 Å². The number of aryl methyl sites for hydroxylation is 1. The van der Waals surface area contributed by atoms with Gasteiger partial charge in [-0.15, -0.1) is 10.2 Å². The summed E-state index contributed by atoms with van der Waals surface area (Å²) in [6, 6.07) is 10.3. The van der Waals surface area contributed by atoms with Gasteiger partial charge in [-0.2, -0.15) is 9.61 Å². The van der Waals surface area contributed by atoms with E-state index in [9.17, 15) is 0 Å². The van der Waals surface area contributed by atoms with E-state index in [1.54, 1.807) is 10.8 Å². The largest absolute Gasteiger partial charge is 0.368 e. The van der Waals surface area contributed by atoms with Crippen LogP contribution in [0.5, 0.6) is 0 Å². The number of nitrogens with zero attached hydrogens (tertiary/aromatic N) is 6. The van der Waals surface area contributed by atoms with Gasteiger partial charge in [-0.25, -0.2) is 4.98 Å². The summed E-state index contributed by atoms with van der Waals surface area (Å²) in [4.78, 5) is 10.7. The van der Waals surface area contributed by atoms with Gasteiger partial charge >= 0.3 is 0 Å². The van der Waals surface area contributed by atoms with Gasteiger partial charge in [-0.3, -0.25) is 0 Å². The van der Waals surface area contributed by atoms with E-state index in [4.69, 9.17) is 4.98 Å². The molecule has 7 heteroatoms. The highest BCUT2D eigenvalue weighted by molar-refractivity contribution is 5.75. The summed E-state index contributed by atoms with van der Waals surface area (Å²) in [5.41, 5.74) is 5.09. The Morgan fingerprint density at radius 2 is 2.00 bits per heavy atom. The average molecular weight is 333 g/mol. The second-order valence-corrected chi connectivity index (χ2v) is 6.67. The molecule has 0 unspecified atom stereocenters. The number of aromatic amines is 1. The zero-order chi connectivity index (χ0) is 16.8. The smallest absolute Gasteiger partial charge is 0.200 e. The average Bonchev–Trinajstić information content (AvgIpc) is 3.27. The van der Waals surface area contributed by atoms with Crippen LogP contribution in [0.1, 0.15) is 30.3 Å². The van der Waals surface area contributed by atoms with Crippen molar-refractivity contribution >= 4 is 22.4 Å². The highest BCUT2D eigenvalue weighted by atomic mass is 15.4. The molecule has 1 aliphatic rings. The molecule has 0 spiro atoms. The molecule has 25 heavy (non-hydrogen) atoms. The lowest BCUT2D eigenvalue weighted by Crippen LogP contribution is -2.33. The summed E-state index contributed by atoms with van der Waals surface area (Å²) in [5, 5.41) is 12.7. The molecule has 0 bridgehead atoms. The Bertz CT molecular complexity index is 1010. The summed E-state index contributed by atoms with van der Waals surface area (Å²) in [6.45, 7) is 3.96. The minimum atomic E-state index is 0.473. The Labute approximate surface area is 144 Å². The molecule has 126 valence electrons. The highest BCUT2D eigenvalue weighted by Crippen LogP contribution is 2.31. The van der Waals surface area contributed by atoms with Gasteiger partial charge in [-0.05, 0) is 38.0 Å². The van der Waals surface area contributed by atoms with Crippen molar-refractivity contribution in [2.45, 2.75) is 25.7 Å². The second-order valence-electron chi connectivity index (χ2n) is 6.67. The van der Waals surface area contributed by atoms with Crippen LogP contribution in [0, 0.1) is 6.92 Å². The number of imidazole rings is 1. The third-order valence-electron chi connectivity index (χ3n) is 5.00. The van der Waals surface area contributed by atoms with Crippen LogP contribution in [-0.4, -0.2) is 42.9 Å². The number of H-pyrrole nitrogens is 1. The van der Waals surface area contributed by atoms with Crippen molar-refractivity contribution in [3.8, 4) is 0 Å². The number of nitrogens with one attached hydrogen (secondary N) is 1. The van der Waals surface area contributed by atoms with E-state index in [0.29, 0.717) is 5.92 Å². The van der Waals surface area contributed by atoms with E-state index >= 15 is 0 Å².